The van der Waals surface area contributed by atoms with Crippen LogP contribution in [0.1, 0.15) is 16.1 Å². The van der Waals surface area contributed by atoms with Gasteiger partial charge in [0, 0.05) is 11.2 Å². The lowest BCUT2D eigenvalue weighted by Gasteiger charge is -1.98. The molecule has 0 unspecified atom stereocenters. The molecule has 0 atom stereocenters. The molecule has 0 saturated carbocycles. The van der Waals surface area contributed by atoms with Crippen molar-refractivity contribution in [3.05, 3.63) is 71.9 Å². The van der Waals surface area contributed by atoms with Gasteiger partial charge in [-0.3, -0.25) is 4.79 Å². The highest BCUT2D eigenvalue weighted by Crippen LogP contribution is 2.18. The van der Waals surface area contributed by atoms with Gasteiger partial charge in [-0.25, -0.2) is 0 Å². The first-order valence-electron chi connectivity index (χ1n) is 6.32. The molecule has 1 aromatic heterocycles. The van der Waals surface area contributed by atoms with Gasteiger partial charge >= 0.3 is 0 Å². The number of aromatic amines is 1. The number of para-hydroxylation sites is 2. The highest BCUT2D eigenvalue weighted by atomic mass is 16.3. The predicted molar refractivity (Wildman–Crippen MR) is 79.8 cm³/mol. The Kier molecular flexibility index (Phi) is 3.09. The molecular weight excluding hydrogens is 250 g/mol. The summed E-state index contributed by atoms with van der Waals surface area (Å²) < 4.78 is 0. The van der Waals surface area contributed by atoms with Crippen LogP contribution in [0.3, 0.4) is 0 Å². The van der Waals surface area contributed by atoms with Crippen molar-refractivity contribution in [1.82, 2.24) is 4.98 Å². The zero-order chi connectivity index (χ0) is 13.9. The maximum atomic E-state index is 12.0. The van der Waals surface area contributed by atoms with Gasteiger partial charge in [0.15, 0.2) is 5.78 Å². The molecule has 1 heterocycles. The highest BCUT2D eigenvalue weighted by Gasteiger charge is 2.06. The highest BCUT2D eigenvalue weighted by molar-refractivity contribution is 6.08. The van der Waals surface area contributed by atoms with E-state index in [0.29, 0.717) is 5.56 Å². The number of phenols is 1. The lowest BCUT2D eigenvalue weighted by Crippen LogP contribution is -1.94. The van der Waals surface area contributed by atoms with Gasteiger partial charge in [0.05, 0.1) is 5.56 Å². The standard InChI is InChI=1S/C17H13NO2/c19-16-8-4-2-6-14(16)17(20)10-9-13-11-12-5-1-3-7-15(12)18-13/h1-11,18-19H. The van der Waals surface area contributed by atoms with Gasteiger partial charge in [-0.05, 0) is 41.8 Å². The minimum absolute atomic E-state index is 0.00111. The summed E-state index contributed by atoms with van der Waals surface area (Å²) in [5.74, 6) is -0.222. The van der Waals surface area contributed by atoms with Crippen molar-refractivity contribution < 1.29 is 9.90 Å². The molecule has 0 radical (unpaired) electrons. The Labute approximate surface area is 116 Å². The number of aromatic hydroxyl groups is 1. The number of fused-ring (bicyclic) bond motifs is 1. The molecule has 0 aliphatic carbocycles. The first-order valence-corrected chi connectivity index (χ1v) is 6.32. The zero-order valence-corrected chi connectivity index (χ0v) is 10.7. The van der Waals surface area contributed by atoms with Crippen LogP contribution in [-0.2, 0) is 0 Å². The smallest absolute Gasteiger partial charge is 0.189 e. The molecule has 3 heteroatoms. The van der Waals surface area contributed by atoms with Crippen LogP contribution >= 0.6 is 0 Å². The third kappa shape index (κ3) is 2.34. The summed E-state index contributed by atoms with van der Waals surface area (Å²) >= 11 is 0. The Morgan fingerprint density at radius 2 is 1.80 bits per heavy atom. The first-order chi connectivity index (χ1) is 9.74. The van der Waals surface area contributed by atoms with E-state index in [-0.39, 0.29) is 11.5 Å². The average Bonchev–Trinajstić information content (AvgIpc) is 2.88. The Balaban J connectivity index is 1.87. The average molecular weight is 263 g/mol. The fourth-order valence-corrected chi connectivity index (χ4v) is 2.12. The van der Waals surface area contributed by atoms with E-state index in [0.717, 1.165) is 16.6 Å². The van der Waals surface area contributed by atoms with Crippen LogP contribution in [0.5, 0.6) is 5.75 Å². The van der Waals surface area contributed by atoms with Gasteiger partial charge in [-0.2, -0.15) is 0 Å². The van der Waals surface area contributed by atoms with Crippen molar-refractivity contribution in [2.45, 2.75) is 0 Å². The molecule has 0 amide bonds. The van der Waals surface area contributed by atoms with Crippen LogP contribution in [0.2, 0.25) is 0 Å². The van der Waals surface area contributed by atoms with E-state index in [1.807, 2.05) is 30.3 Å². The van der Waals surface area contributed by atoms with Crippen molar-refractivity contribution in [2.75, 3.05) is 0 Å². The summed E-state index contributed by atoms with van der Waals surface area (Å²) in [5, 5.41) is 10.7. The van der Waals surface area contributed by atoms with E-state index in [1.165, 1.54) is 12.1 Å². The summed E-state index contributed by atoms with van der Waals surface area (Å²) in [5.41, 5.74) is 2.19. The quantitative estimate of drug-likeness (QED) is 0.558. The van der Waals surface area contributed by atoms with Gasteiger partial charge < -0.3 is 10.1 Å². The van der Waals surface area contributed by atoms with Crippen LogP contribution in [0.4, 0.5) is 0 Å². The molecule has 2 aromatic carbocycles. The number of carbonyl (C=O) groups excluding carboxylic acids is 1. The number of rotatable bonds is 3. The number of allylic oxidation sites excluding steroid dienone is 1. The van der Waals surface area contributed by atoms with E-state index >= 15 is 0 Å². The van der Waals surface area contributed by atoms with Gasteiger partial charge in [-0.15, -0.1) is 0 Å². The number of nitrogens with one attached hydrogen (secondary N) is 1. The molecule has 0 bridgehead atoms. The number of carbonyl (C=O) groups is 1. The summed E-state index contributed by atoms with van der Waals surface area (Å²) in [4.78, 5) is 15.2. The van der Waals surface area contributed by atoms with Crippen LogP contribution in [0, 0.1) is 0 Å². The second-order valence-corrected chi connectivity index (χ2v) is 4.53. The molecule has 0 aliphatic heterocycles. The first kappa shape index (κ1) is 12.2. The van der Waals surface area contributed by atoms with E-state index in [9.17, 15) is 9.90 Å². The SMILES string of the molecule is O=C(C=Cc1cc2ccccc2[nH]1)c1ccccc1O. The fourth-order valence-electron chi connectivity index (χ4n) is 2.12. The topological polar surface area (TPSA) is 53.1 Å². The Bertz CT molecular complexity index is 766. The summed E-state index contributed by atoms with van der Waals surface area (Å²) in [6, 6.07) is 16.4. The molecule has 3 nitrogen and oxygen atoms in total. The summed E-state index contributed by atoms with van der Waals surface area (Å²) in [6.07, 6.45) is 3.18. The Hall–Kier alpha value is -2.81. The molecular formula is C17H13NO2. The molecule has 0 saturated heterocycles. The Morgan fingerprint density at radius 3 is 2.60 bits per heavy atom. The number of benzene rings is 2. The van der Waals surface area contributed by atoms with Crippen LogP contribution in [-0.4, -0.2) is 15.9 Å². The van der Waals surface area contributed by atoms with Crippen molar-refractivity contribution in [2.24, 2.45) is 0 Å². The third-order valence-corrected chi connectivity index (χ3v) is 3.13. The minimum atomic E-state index is -0.221. The number of aromatic nitrogens is 1. The second kappa shape index (κ2) is 5.05. The summed E-state index contributed by atoms with van der Waals surface area (Å²) in [6.45, 7) is 0. The number of hydrogen-bond donors (Lipinski definition) is 2. The lowest BCUT2D eigenvalue weighted by molar-refractivity contribution is 0.104. The van der Waals surface area contributed by atoms with Crippen LogP contribution in [0.25, 0.3) is 17.0 Å². The maximum absolute atomic E-state index is 12.0. The lowest BCUT2D eigenvalue weighted by atomic mass is 10.1. The van der Waals surface area contributed by atoms with Crippen LogP contribution < -0.4 is 0 Å². The van der Waals surface area contributed by atoms with E-state index in [2.05, 4.69) is 4.98 Å². The Morgan fingerprint density at radius 1 is 1.05 bits per heavy atom. The largest absolute Gasteiger partial charge is 0.507 e. The predicted octanol–water partition coefficient (Wildman–Crippen LogP) is 3.77. The number of hydrogen-bond acceptors (Lipinski definition) is 2. The zero-order valence-electron chi connectivity index (χ0n) is 10.7. The second-order valence-electron chi connectivity index (χ2n) is 4.53. The van der Waals surface area contributed by atoms with Crippen molar-refractivity contribution in [3.8, 4) is 5.75 Å². The van der Waals surface area contributed by atoms with E-state index in [4.69, 9.17) is 0 Å². The number of H-pyrrole nitrogens is 1. The van der Waals surface area contributed by atoms with Gasteiger partial charge in [0.2, 0.25) is 0 Å². The van der Waals surface area contributed by atoms with Crippen LogP contribution in [0.15, 0.2) is 60.7 Å². The molecule has 3 aromatic rings. The molecule has 0 spiro atoms. The molecule has 0 aliphatic rings. The molecule has 98 valence electrons. The molecule has 20 heavy (non-hydrogen) atoms. The molecule has 0 fully saturated rings. The van der Waals surface area contributed by atoms with Crippen molar-refractivity contribution >= 4 is 22.8 Å². The van der Waals surface area contributed by atoms with E-state index < -0.39 is 0 Å². The maximum Gasteiger partial charge on any atom is 0.189 e. The minimum Gasteiger partial charge on any atom is -0.507 e. The third-order valence-electron chi connectivity index (χ3n) is 3.13. The number of phenolic OH excluding ortho intramolecular Hbond substituents is 1. The van der Waals surface area contributed by atoms with Crippen molar-refractivity contribution in [1.29, 1.82) is 0 Å². The fraction of sp³-hybridized carbons (Fsp3) is 0. The van der Waals surface area contributed by atoms with Gasteiger partial charge in [0.25, 0.3) is 0 Å². The molecule has 2 N–H and O–H groups in total. The monoisotopic (exact) mass is 263 g/mol. The summed E-state index contributed by atoms with van der Waals surface area (Å²) in [7, 11) is 0. The van der Waals surface area contributed by atoms with Gasteiger partial charge in [0.1, 0.15) is 5.75 Å². The van der Waals surface area contributed by atoms with Gasteiger partial charge in [-0.1, -0.05) is 30.3 Å². The normalized spacial score (nSPS) is 11.2. The van der Waals surface area contributed by atoms with Crippen molar-refractivity contribution in [3.63, 3.8) is 0 Å². The number of ketones is 1. The molecule has 3 rings (SSSR count). The van der Waals surface area contributed by atoms with E-state index in [1.54, 1.807) is 24.3 Å².